The molecular formula is C27H25F3N5NaO6S. The van der Waals surface area contributed by atoms with Crippen LogP contribution < -0.4 is 50.7 Å². The van der Waals surface area contributed by atoms with E-state index in [2.05, 4.69) is 20.6 Å². The predicted molar refractivity (Wildman–Crippen MR) is 147 cm³/mol. The van der Waals surface area contributed by atoms with Crippen molar-refractivity contribution < 1.29 is 66.9 Å². The fourth-order valence-corrected chi connectivity index (χ4v) is 5.20. The van der Waals surface area contributed by atoms with Crippen LogP contribution in [0.15, 0.2) is 46.8 Å². The molecule has 43 heavy (non-hydrogen) atoms. The Balaban J connectivity index is 0.00000506. The first-order valence-electron chi connectivity index (χ1n) is 12.4. The van der Waals surface area contributed by atoms with E-state index in [1.807, 2.05) is 0 Å². The van der Waals surface area contributed by atoms with Gasteiger partial charge in [-0.15, -0.1) is 11.3 Å². The molecule has 1 aromatic carbocycles. The van der Waals surface area contributed by atoms with Gasteiger partial charge >= 0.3 is 41.8 Å². The molecule has 0 atom stereocenters. The molecule has 0 saturated heterocycles. The number of urea groups is 1. The maximum Gasteiger partial charge on any atom is 1.00 e. The van der Waals surface area contributed by atoms with Crippen LogP contribution in [-0.4, -0.2) is 60.5 Å². The number of nitrogens with zero attached hydrogens (tertiary/aromatic N) is 3. The number of anilines is 1. The van der Waals surface area contributed by atoms with Crippen LogP contribution in [0.5, 0.6) is 0 Å². The van der Waals surface area contributed by atoms with Crippen LogP contribution in [0.4, 0.5) is 23.8 Å². The maximum absolute atomic E-state index is 13.4. The normalized spacial score (nSPS) is 11.4. The second-order valence-corrected chi connectivity index (χ2v) is 9.86. The number of hydrogen-bond donors (Lipinski definition) is 2. The first-order valence-corrected chi connectivity index (χ1v) is 13.3. The quantitative estimate of drug-likeness (QED) is 0.243. The van der Waals surface area contributed by atoms with Gasteiger partial charge in [-0.05, 0) is 30.7 Å². The van der Waals surface area contributed by atoms with Gasteiger partial charge in [0.15, 0.2) is 11.1 Å². The van der Waals surface area contributed by atoms with Gasteiger partial charge in [-0.25, -0.2) is 14.8 Å². The number of nitrogens with one attached hydrogen (secondary N) is 2. The molecule has 0 aliphatic carbocycles. The molecule has 2 amide bonds. The van der Waals surface area contributed by atoms with Crippen molar-refractivity contribution in [2.75, 3.05) is 39.3 Å². The van der Waals surface area contributed by atoms with Crippen LogP contribution in [0.2, 0.25) is 0 Å². The standard InChI is InChI=1S/C27H26F3N5O6S.Na/c1-4-31-26(39)34-22-8-16(24-33-21(13-42-24)27(28,29)30)18(9-32-22)14-5-6-20-17(7-14)23(36)19(25(37)38)10-35(20)15(11-40-2)12-41-3;/h5-10,13,15H,4,11-12H2,1-3H3,(H,37,38)(H2,31,32,34,39);/q;+1/p-1. The van der Waals surface area contributed by atoms with Crippen LogP contribution >= 0.6 is 11.3 Å². The number of aromatic nitrogens is 3. The molecule has 4 aromatic rings. The zero-order valence-corrected chi connectivity index (χ0v) is 26.4. The number of pyridine rings is 2. The smallest absolute Gasteiger partial charge is 0.545 e. The van der Waals surface area contributed by atoms with Crippen molar-refractivity contribution in [1.29, 1.82) is 0 Å². The Morgan fingerprint density at radius 1 is 1.14 bits per heavy atom. The van der Waals surface area contributed by atoms with Crippen LogP contribution in [0.3, 0.4) is 0 Å². The Hall–Kier alpha value is -3.34. The topological polar surface area (TPSA) is 148 Å². The molecular weight excluding hydrogens is 602 g/mol. The number of methoxy groups -OCH3 is 2. The molecule has 222 valence electrons. The van der Waals surface area contributed by atoms with Crippen molar-refractivity contribution in [3.05, 3.63) is 63.5 Å². The summed E-state index contributed by atoms with van der Waals surface area (Å²) in [7, 11) is 2.93. The molecule has 0 fully saturated rings. The van der Waals surface area contributed by atoms with E-state index in [1.165, 1.54) is 38.7 Å². The molecule has 0 bridgehead atoms. The number of carboxylic acids is 1. The summed E-state index contributed by atoms with van der Waals surface area (Å²) in [6.45, 7) is 2.32. The number of thiazole rings is 1. The van der Waals surface area contributed by atoms with Crippen molar-refractivity contribution >= 4 is 40.1 Å². The van der Waals surface area contributed by atoms with Crippen LogP contribution in [0, 0.1) is 0 Å². The monoisotopic (exact) mass is 627 g/mol. The minimum Gasteiger partial charge on any atom is -0.545 e. The molecule has 16 heteroatoms. The summed E-state index contributed by atoms with van der Waals surface area (Å²) in [5.41, 5.74) is -1.30. The summed E-state index contributed by atoms with van der Waals surface area (Å²) in [6, 6.07) is 4.92. The summed E-state index contributed by atoms with van der Waals surface area (Å²) in [4.78, 5) is 45.2. The third-order valence-electron chi connectivity index (χ3n) is 6.18. The van der Waals surface area contributed by atoms with Crippen molar-refractivity contribution in [2.24, 2.45) is 0 Å². The molecule has 0 unspecified atom stereocenters. The van der Waals surface area contributed by atoms with Crippen LogP contribution in [0.1, 0.15) is 29.0 Å². The van der Waals surface area contributed by atoms with E-state index in [4.69, 9.17) is 9.47 Å². The Bertz CT molecular complexity index is 1690. The number of alkyl halides is 3. The summed E-state index contributed by atoms with van der Waals surface area (Å²) in [6.07, 6.45) is -2.18. The van der Waals surface area contributed by atoms with Gasteiger partial charge < -0.3 is 29.3 Å². The number of halogens is 3. The number of benzene rings is 1. The molecule has 4 rings (SSSR count). The molecule has 3 aromatic heterocycles. The molecule has 0 radical (unpaired) electrons. The maximum atomic E-state index is 13.4. The summed E-state index contributed by atoms with van der Waals surface area (Å²) in [5.74, 6) is -1.63. The second-order valence-electron chi connectivity index (χ2n) is 9.00. The fraction of sp³-hybridized carbons (Fsp3) is 0.296. The Morgan fingerprint density at radius 2 is 1.84 bits per heavy atom. The van der Waals surface area contributed by atoms with Gasteiger partial charge in [-0.1, -0.05) is 6.07 Å². The van der Waals surface area contributed by atoms with E-state index in [1.54, 1.807) is 23.6 Å². The van der Waals surface area contributed by atoms with Crippen LogP contribution in [-0.2, 0) is 15.7 Å². The minimum absolute atomic E-state index is 0. The molecule has 0 saturated carbocycles. The molecule has 0 aliphatic heterocycles. The average molecular weight is 628 g/mol. The van der Waals surface area contributed by atoms with Gasteiger partial charge in [0.25, 0.3) is 0 Å². The minimum atomic E-state index is -4.68. The van der Waals surface area contributed by atoms with Crippen molar-refractivity contribution in [3.63, 3.8) is 0 Å². The molecule has 2 N–H and O–H groups in total. The summed E-state index contributed by atoms with van der Waals surface area (Å²) >= 11 is 0.740. The third kappa shape index (κ3) is 7.60. The number of amides is 2. The molecule has 11 nitrogen and oxygen atoms in total. The molecule has 0 spiro atoms. The van der Waals surface area contributed by atoms with Crippen LogP contribution in [0.25, 0.3) is 32.6 Å². The molecule has 0 aliphatic rings. The first-order chi connectivity index (χ1) is 20.0. The van der Waals surface area contributed by atoms with E-state index in [9.17, 15) is 32.7 Å². The van der Waals surface area contributed by atoms with Gasteiger partial charge in [-0.3, -0.25) is 10.1 Å². The Morgan fingerprint density at radius 3 is 2.42 bits per heavy atom. The Kier molecular flexibility index (Phi) is 11.5. The predicted octanol–water partition coefficient (Wildman–Crippen LogP) is 0.549. The third-order valence-corrected chi connectivity index (χ3v) is 7.06. The zero-order chi connectivity index (χ0) is 30.6. The van der Waals surface area contributed by atoms with Crippen molar-refractivity contribution in [3.8, 4) is 21.7 Å². The van der Waals surface area contributed by atoms with Crippen molar-refractivity contribution in [2.45, 2.75) is 19.1 Å². The number of carbonyl (C=O) groups is 2. The van der Waals surface area contributed by atoms with E-state index < -0.39 is 40.9 Å². The number of fused-ring (bicyclic) bond motifs is 1. The van der Waals surface area contributed by atoms with Crippen molar-refractivity contribution in [1.82, 2.24) is 19.9 Å². The van der Waals surface area contributed by atoms with Gasteiger partial charge in [0.1, 0.15) is 10.8 Å². The SMILES string of the molecule is CCNC(=O)Nc1cc(-c2nc(C(F)(F)F)cs2)c(-c2ccc3c(c2)c(=O)c(C(=O)[O-])cn3C(COC)COC)cn1.[Na+]. The second kappa shape index (κ2) is 14.4. The van der Waals surface area contributed by atoms with Gasteiger partial charge in [0.05, 0.1) is 36.3 Å². The van der Waals surface area contributed by atoms with E-state index in [-0.39, 0.29) is 70.1 Å². The molecule has 3 heterocycles. The Labute approximate surface area is 269 Å². The summed E-state index contributed by atoms with van der Waals surface area (Å²) < 4.78 is 52.2. The van der Waals surface area contributed by atoms with E-state index in [0.717, 1.165) is 16.7 Å². The first kappa shape index (κ1) is 34.2. The number of carbonyl (C=O) groups excluding carboxylic acids is 2. The number of rotatable bonds is 10. The zero-order valence-electron chi connectivity index (χ0n) is 23.6. The largest absolute Gasteiger partial charge is 1.00 e. The van der Waals surface area contributed by atoms with E-state index >= 15 is 0 Å². The fourth-order valence-electron chi connectivity index (χ4n) is 4.34. The van der Waals surface area contributed by atoms with E-state index in [0.29, 0.717) is 17.6 Å². The number of ether oxygens (including phenoxy) is 2. The van der Waals surface area contributed by atoms with Gasteiger partial charge in [0, 0.05) is 55.1 Å². The average Bonchev–Trinajstić information content (AvgIpc) is 3.44. The van der Waals surface area contributed by atoms with Gasteiger partial charge in [0.2, 0.25) is 0 Å². The van der Waals surface area contributed by atoms with Gasteiger partial charge in [-0.2, -0.15) is 13.2 Å². The number of hydrogen-bond acceptors (Lipinski definition) is 9. The number of aromatic carboxylic acids is 1. The summed E-state index contributed by atoms with van der Waals surface area (Å²) in [5, 5.41) is 17.8. The number of carboxylic acid groups (broad SMARTS) is 1.